The normalized spacial score (nSPS) is 27.3. The minimum Gasteiger partial charge on any atom is -0.394 e. The Balaban J connectivity index is 1.62. The van der Waals surface area contributed by atoms with Gasteiger partial charge in [-0.2, -0.15) is 0 Å². The van der Waals surface area contributed by atoms with E-state index in [2.05, 4.69) is 36.5 Å². The molecule has 2 saturated heterocycles. The minimum absolute atomic E-state index is 0.244. The zero-order chi connectivity index (χ0) is 47.5. The molecule has 65 heavy (non-hydrogen) atoms. The lowest BCUT2D eigenvalue weighted by Gasteiger charge is -2.46. The van der Waals surface area contributed by atoms with Gasteiger partial charge in [-0.25, -0.2) is 0 Å². The van der Waals surface area contributed by atoms with Crippen LogP contribution < -0.4 is 5.32 Å². The number of carbonyl (C=O) groups is 1. The Morgan fingerprint density at radius 2 is 0.985 bits per heavy atom. The number of rotatable bonds is 39. The fraction of sp³-hybridized carbons (Fsp3) is 0.863. The van der Waals surface area contributed by atoms with Gasteiger partial charge in [-0.3, -0.25) is 4.79 Å². The van der Waals surface area contributed by atoms with Gasteiger partial charge in [-0.1, -0.05) is 172 Å². The van der Waals surface area contributed by atoms with Gasteiger partial charge in [0.25, 0.3) is 0 Å². The molecule has 380 valence electrons. The summed E-state index contributed by atoms with van der Waals surface area (Å²) in [5.41, 5.74) is 0. The molecular formula is C51H93NO13. The van der Waals surface area contributed by atoms with E-state index in [9.17, 15) is 45.6 Å². The highest BCUT2D eigenvalue weighted by Crippen LogP contribution is 2.30. The van der Waals surface area contributed by atoms with Crippen LogP contribution in [0.25, 0.3) is 0 Å². The van der Waals surface area contributed by atoms with Gasteiger partial charge in [0.15, 0.2) is 12.6 Å². The van der Waals surface area contributed by atoms with Crippen LogP contribution in [0, 0.1) is 0 Å². The fourth-order valence-electron chi connectivity index (χ4n) is 8.30. The highest BCUT2D eigenvalue weighted by Gasteiger charge is 2.51. The van der Waals surface area contributed by atoms with E-state index in [4.69, 9.17) is 18.9 Å². The Morgan fingerprint density at radius 1 is 0.538 bits per heavy atom. The molecule has 0 aromatic carbocycles. The summed E-state index contributed by atoms with van der Waals surface area (Å²) in [6.45, 7) is 2.49. The highest BCUT2D eigenvalue weighted by atomic mass is 16.7. The van der Waals surface area contributed by atoms with Crippen molar-refractivity contribution >= 4 is 5.91 Å². The summed E-state index contributed by atoms with van der Waals surface area (Å²) in [5.74, 6) is -0.290. The van der Waals surface area contributed by atoms with Crippen molar-refractivity contribution < 1.29 is 64.6 Å². The Bertz CT molecular complexity index is 1230. The molecule has 0 bridgehead atoms. The van der Waals surface area contributed by atoms with Crippen molar-refractivity contribution in [3.8, 4) is 0 Å². The molecule has 14 heteroatoms. The first kappa shape index (κ1) is 59.3. The van der Waals surface area contributed by atoms with E-state index in [1.54, 1.807) is 6.08 Å². The first-order chi connectivity index (χ1) is 31.6. The van der Waals surface area contributed by atoms with Crippen LogP contribution in [0.2, 0.25) is 0 Å². The van der Waals surface area contributed by atoms with Crippen LogP contribution in [-0.2, 0) is 23.7 Å². The van der Waals surface area contributed by atoms with Crippen molar-refractivity contribution in [3.63, 3.8) is 0 Å². The second-order valence-electron chi connectivity index (χ2n) is 18.3. The number of hydrogen-bond donors (Lipinski definition) is 9. The van der Waals surface area contributed by atoms with Crippen LogP contribution >= 0.6 is 0 Å². The standard InChI is InChI=1S/C51H93NO13/c1-3-5-7-8-9-10-11-12-13-14-15-16-17-18-19-20-21-22-23-24-25-26-27-28-29-30-31-32-33-34-40(55)39(52-43(56)35-6-4-2)38-62-50-48(61)46(59)49(42(37-54)64-50)65-51-47(60)45(58)44(57)41(36-53)63-51/h25-26,29-30,33-34,39-42,44-51,53-55,57-61H,3-24,27-28,31-32,35-38H2,1-2H3,(H,52,56)/b26-25+,30-29+,34-33+. The van der Waals surface area contributed by atoms with Crippen molar-refractivity contribution in [2.45, 2.75) is 261 Å². The molecule has 2 fully saturated rings. The van der Waals surface area contributed by atoms with Gasteiger partial charge in [-0.15, -0.1) is 0 Å². The molecule has 9 N–H and O–H groups in total. The summed E-state index contributed by atoms with van der Waals surface area (Å²) < 4.78 is 22.4. The van der Waals surface area contributed by atoms with Crippen LogP contribution in [0.1, 0.15) is 187 Å². The van der Waals surface area contributed by atoms with E-state index in [0.29, 0.717) is 12.8 Å². The predicted octanol–water partition coefficient (Wildman–Crippen LogP) is 6.71. The van der Waals surface area contributed by atoms with Gasteiger partial charge in [0.05, 0.1) is 32.0 Å². The molecule has 12 atom stereocenters. The third-order valence-corrected chi connectivity index (χ3v) is 12.6. The van der Waals surface area contributed by atoms with Crippen LogP contribution in [0.5, 0.6) is 0 Å². The topological polar surface area (TPSA) is 228 Å². The zero-order valence-corrected chi connectivity index (χ0v) is 40.2. The van der Waals surface area contributed by atoms with Crippen LogP contribution in [-0.4, -0.2) is 140 Å². The number of unbranched alkanes of at least 4 members (excludes halogenated alkanes) is 22. The molecule has 0 radical (unpaired) electrons. The van der Waals surface area contributed by atoms with Crippen molar-refractivity contribution in [1.82, 2.24) is 5.32 Å². The number of hydrogen-bond acceptors (Lipinski definition) is 13. The van der Waals surface area contributed by atoms with Crippen LogP contribution in [0.3, 0.4) is 0 Å². The fourth-order valence-corrected chi connectivity index (χ4v) is 8.30. The monoisotopic (exact) mass is 928 g/mol. The summed E-state index contributed by atoms with van der Waals surface area (Å²) in [7, 11) is 0. The average Bonchev–Trinajstić information content (AvgIpc) is 3.30. The molecule has 0 aliphatic carbocycles. The molecule has 1 amide bonds. The van der Waals surface area contributed by atoms with E-state index >= 15 is 0 Å². The zero-order valence-electron chi connectivity index (χ0n) is 40.2. The number of aliphatic hydroxyl groups excluding tert-OH is 8. The van der Waals surface area contributed by atoms with Crippen molar-refractivity contribution in [3.05, 3.63) is 36.5 Å². The molecular weight excluding hydrogens is 835 g/mol. The second-order valence-corrected chi connectivity index (χ2v) is 18.3. The molecule has 2 rings (SSSR count). The van der Waals surface area contributed by atoms with E-state index in [0.717, 1.165) is 32.1 Å². The maximum Gasteiger partial charge on any atom is 0.220 e. The summed E-state index contributed by atoms with van der Waals surface area (Å²) >= 11 is 0. The lowest BCUT2D eigenvalue weighted by atomic mass is 9.97. The predicted molar refractivity (Wildman–Crippen MR) is 254 cm³/mol. The van der Waals surface area contributed by atoms with E-state index < -0.39 is 86.8 Å². The van der Waals surface area contributed by atoms with Crippen molar-refractivity contribution in [2.75, 3.05) is 19.8 Å². The van der Waals surface area contributed by atoms with Crippen molar-refractivity contribution in [2.24, 2.45) is 0 Å². The van der Waals surface area contributed by atoms with Gasteiger partial charge in [0, 0.05) is 6.42 Å². The summed E-state index contributed by atoms with van der Waals surface area (Å²) in [4.78, 5) is 12.7. The van der Waals surface area contributed by atoms with Crippen molar-refractivity contribution in [1.29, 1.82) is 0 Å². The molecule has 12 unspecified atom stereocenters. The highest BCUT2D eigenvalue weighted by molar-refractivity contribution is 5.76. The number of allylic oxidation sites excluding steroid dienone is 5. The van der Waals surface area contributed by atoms with Gasteiger partial charge in [0.2, 0.25) is 5.91 Å². The number of ether oxygens (including phenoxy) is 4. The summed E-state index contributed by atoms with van der Waals surface area (Å²) in [5, 5.41) is 85.8. The number of amides is 1. The first-order valence-electron chi connectivity index (χ1n) is 25.7. The SMILES string of the molecule is CCCCCCCCCCCCCCCCCCCCC/C=C/CC/C=C/CC/C=C/C(O)C(COC1OC(CO)C(OC2OC(CO)C(O)C(O)C2O)C(O)C1O)NC(=O)CCCC. The maximum absolute atomic E-state index is 12.7. The quantitative estimate of drug-likeness (QED) is 0.0231. The van der Waals surface area contributed by atoms with Gasteiger partial charge >= 0.3 is 0 Å². The lowest BCUT2D eigenvalue weighted by molar-refractivity contribution is -0.359. The van der Waals surface area contributed by atoms with Gasteiger partial charge in [0.1, 0.15) is 48.8 Å². The molecule has 2 aliphatic rings. The Hall–Kier alpha value is -1.79. The summed E-state index contributed by atoms with van der Waals surface area (Å²) in [6.07, 6.45) is 28.0. The molecule has 0 aromatic rings. The Labute approximate surface area is 391 Å². The molecule has 0 aromatic heterocycles. The number of carbonyl (C=O) groups excluding carboxylic acids is 1. The molecule has 0 spiro atoms. The first-order valence-corrected chi connectivity index (χ1v) is 25.7. The van der Waals surface area contributed by atoms with E-state index in [-0.39, 0.29) is 18.9 Å². The number of aliphatic hydroxyl groups is 8. The van der Waals surface area contributed by atoms with E-state index in [1.165, 1.54) is 122 Å². The third-order valence-electron chi connectivity index (χ3n) is 12.6. The van der Waals surface area contributed by atoms with Crippen LogP contribution in [0.15, 0.2) is 36.5 Å². The second kappa shape index (κ2) is 38.1. The molecule has 14 nitrogen and oxygen atoms in total. The molecule has 2 heterocycles. The largest absolute Gasteiger partial charge is 0.394 e. The summed E-state index contributed by atoms with van der Waals surface area (Å²) in [6, 6.07) is -0.930. The Kier molecular flexibility index (Phi) is 34.8. The Morgan fingerprint density at radius 3 is 1.49 bits per heavy atom. The van der Waals surface area contributed by atoms with Crippen LogP contribution in [0.4, 0.5) is 0 Å². The lowest BCUT2D eigenvalue weighted by Crippen LogP contribution is -2.65. The maximum atomic E-state index is 12.7. The number of nitrogens with one attached hydrogen (secondary N) is 1. The van der Waals surface area contributed by atoms with Gasteiger partial charge in [-0.05, 0) is 44.9 Å². The molecule has 2 aliphatic heterocycles. The average molecular weight is 928 g/mol. The smallest absolute Gasteiger partial charge is 0.220 e. The third kappa shape index (κ3) is 25.4. The minimum atomic E-state index is -1.79. The molecule has 0 saturated carbocycles. The van der Waals surface area contributed by atoms with E-state index in [1.807, 2.05) is 13.0 Å². The van der Waals surface area contributed by atoms with Gasteiger partial charge < -0.3 is 65.1 Å².